The molecule has 0 N–H and O–H groups in total. The Kier molecular flexibility index (Phi) is 4.26. The van der Waals surface area contributed by atoms with Crippen LogP contribution in [0.25, 0.3) is 0 Å². The van der Waals surface area contributed by atoms with Crippen molar-refractivity contribution in [3.63, 3.8) is 0 Å². The van der Waals surface area contributed by atoms with Crippen molar-refractivity contribution in [2.24, 2.45) is 0 Å². The molecule has 116 valence electrons. The van der Waals surface area contributed by atoms with Crippen LogP contribution < -0.4 is 5.46 Å². The van der Waals surface area contributed by atoms with Crippen LogP contribution in [0.2, 0.25) is 0 Å². The van der Waals surface area contributed by atoms with Gasteiger partial charge in [-0.05, 0) is 51.7 Å². The topological polar surface area (TPSA) is 52.6 Å². The number of hydrogen-bond acceptors (Lipinski definition) is 4. The molecule has 0 bridgehead atoms. The van der Waals surface area contributed by atoms with Gasteiger partial charge in [-0.25, -0.2) is 8.42 Å². The molecule has 1 saturated heterocycles. The lowest BCUT2D eigenvalue weighted by Gasteiger charge is -2.32. The fraction of sp³-hybridized carbons (Fsp3) is 0.600. The van der Waals surface area contributed by atoms with Gasteiger partial charge >= 0.3 is 7.12 Å². The third kappa shape index (κ3) is 3.17. The molecule has 2 rings (SSSR count). The molecular formula is C15H23BO4S. The van der Waals surface area contributed by atoms with E-state index >= 15 is 0 Å². The van der Waals surface area contributed by atoms with E-state index < -0.39 is 28.2 Å². The zero-order valence-corrected chi connectivity index (χ0v) is 14.2. The van der Waals surface area contributed by atoms with E-state index in [0.717, 1.165) is 5.46 Å². The van der Waals surface area contributed by atoms with E-state index in [1.54, 1.807) is 24.3 Å². The summed E-state index contributed by atoms with van der Waals surface area (Å²) in [5, 5.41) is 0. The van der Waals surface area contributed by atoms with Crippen molar-refractivity contribution in [2.45, 2.75) is 57.1 Å². The first-order chi connectivity index (χ1) is 9.59. The van der Waals surface area contributed by atoms with Crippen LogP contribution in [-0.4, -0.2) is 32.5 Å². The second-order valence-electron chi connectivity index (χ2n) is 6.48. The molecule has 0 aromatic heterocycles. The molecule has 0 saturated carbocycles. The van der Waals surface area contributed by atoms with Crippen molar-refractivity contribution >= 4 is 22.4 Å². The summed E-state index contributed by atoms with van der Waals surface area (Å²) in [6.07, 6.45) is 0.612. The largest absolute Gasteiger partial charge is 0.494 e. The Balaban J connectivity index is 2.22. The second kappa shape index (κ2) is 5.41. The van der Waals surface area contributed by atoms with Gasteiger partial charge in [0.15, 0.2) is 9.84 Å². The summed E-state index contributed by atoms with van der Waals surface area (Å²) >= 11 is 0. The van der Waals surface area contributed by atoms with Gasteiger partial charge in [0.05, 0.1) is 21.9 Å². The van der Waals surface area contributed by atoms with Crippen molar-refractivity contribution in [3.05, 3.63) is 24.3 Å². The molecule has 6 heteroatoms. The molecule has 0 atom stereocenters. The molecule has 0 radical (unpaired) electrons. The molecule has 1 heterocycles. The van der Waals surface area contributed by atoms with Gasteiger partial charge in [-0.3, -0.25) is 0 Å². The van der Waals surface area contributed by atoms with E-state index in [1.807, 2.05) is 34.6 Å². The highest BCUT2D eigenvalue weighted by Gasteiger charge is 2.51. The maximum absolute atomic E-state index is 12.0. The standard InChI is InChI=1S/C15H23BO4S/c1-6-11-21(17,18)13-9-7-12(8-10-13)16-19-14(2,3)15(4,5)20-16/h7-10H,6,11H2,1-5H3. The van der Waals surface area contributed by atoms with Crippen LogP contribution >= 0.6 is 0 Å². The van der Waals surface area contributed by atoms with Gasteiger partial charge in [-0.2, -0.15) is 0 Å². The number of benzene rings is 1. The molecule has 0 spiro atoms. The number of hydrogen-bond donors (Lipinski definition) is 0. The molecule has 1 fully saturated rings. The molecule has 1 aromatic rings. The van der Waals surface area contributed by atoms with Crippen LogP contribution in [0.5, 0.6) is 0 Å². The average Bonchev–Trinajstić information content (AvgIpc) is 2.59. The Bertz CT molecular complexity index is 589. The third-order valence-corrected chi connectivity index (χ3v) is 6.17. The maximum Gasteiger partial charge on any atom is 0.494 e. The quantitative estimate of drug-likeness (QED) is 0.800. The normalized spacial score (nSPS) is 20.7. The third-order valence-electron chi connectivity index (χ3n) is 4.24. The molecule has 4 nitrogen and oxygen atoms in total. The van der Waals surface area contributed by atoms with E-state index in [1.165, 1.54) is 0 Å². The molecule has 1 aliphatic rings. The summed E-state index contributed by atoms with van der Waals surface area (Å²) < 4.78 is 35.9. The molecular weight excluding hydrogens is 287 g/mol. The van der Waals surface area contributed by atoms with Crippen molar-refractivity contribution in [3.8, 4) is 0 Å². The Labute approximate surface area is 127 Å². The second-order valence-corrected chi connectivity index (χ2v) is 8.59. The smallest absolute Gasteiger partial charge is 0.399 e. The Morgan fingerprint density at radius 1 is 1.00 bits per heavy atom. The van der Waals surface area contributed by atoms with E-state index in [4.69, 9.17) is 9.31 Å². The van der Waals surface area contributed by atoms with Crippen LogP contribution in [0, 0.1) is 0 Å². The molecule has 1 aliphatic heterocycles. The van der Waals surface area contributed by atoms with E-state index in [9.17, 15) is 8.42 Å². The highest BCUT2D eigenvalue weighted by atomic mass is 32.2. The SMILES string of the molecule is CCCS(=O)(=O)c1ccc(B2OC(C)(C)C(C)(C)O2)cc1. The summed E-state index contributed by atoms with van der Waals surface area (Å²) in [4.78, 5) is 0.351. The highest BCUT2D eigenvalue weighted by Crippen LogP contribution is 2.36. The fourth-order valence-electron chi connectivity index (χ4n) is 2.20. The van der Waals surface area contributed by atoms with Crippen LogP contribution in [0.1, 0.15) is 41.0 Å². The molecule has 21 heavy (non-hydrogen) atoms. The van der Waals surface area contributed by atoms with Gasteiger partial charge < -0.3 is 9.31 Å². The Morgan fingerprint density at radius 3 is 1.90 bits per heavy atom. The summed E-state index contributed by atoms with van der Waals surface area (Å²) in [6, 6.07) is 6.80. The maximum atomic E-state index is 12.0. The molecule has 0 amide bonds. The molecule has 1 aromatic carbocycles. The van der Waals surface area contributed by atoms with E-state index in [0.29, 0.717) is 11.3 Å². The van der Waals surface area contributed by atoms with Gasteiger partial charge in [0, 0.05) is 0 Å². The minimum Gasteiger partial charge on any atom is -0.399 e. The van der Waals surface area contributed by atoms with Crippen molar-refractivity contribution in [1.82, 2.24) is 0 Å². The van der Waals surface area contributed by atoms with E-state index in [-0.39, 0.29) is 5.75 Å². The average molecular weight is 310 g/mol. The zero-order chi connectivity index (χ0) is 15.9. The van der Waals surface area contributed by atoms with Crippen LogP contribution in [0.3, 0.4) is 0 Å². The molecule has 0 aliphatic carbocycles. The summed E-state index contributed by atoms with van der Waals surface area (Å²) in [5.41, 5.74) is 0.0407. The van der Waals surface area contributed by atoms with E-state index in [2.05, 4.69) is 0 Å². The first kappa shape index (κ1) is 16.5. The minimum absolute atomic E-state index is 0.169. The minimum atomic E-state index is -3.18. The van der Waals surface area contributed by atoms with Gasteiger partial charge in [-0.1, -0.05) is 19.1 Å². The van der Waals surface area contributed by atoms with Crippen LogP contribution in [0.4, 0.5) is 0 Å². The fourth-order valence-corrected chi connectivity index (χ4v) is 3.52. The van der Waals surface area contributed by atoms with Crippen molar-refractivity contribution < 1.29 is 17.7 Å². The van der Waals surface area contributed by atoms with Crippen LogP contribution in [0.15, 0.2) is 29.2 Å². The lowest BCUT2D eigenvalue weighted by Crippen LogP contribution is -2.41. The zero-order valence-electron chi connectivity index (χ0n) is 13.3. The van der Waals surface area contributed by atoms with Gasteiger partial charge in [0.25, 0.3) is 0 Å². The number of sulfone groups is 1. The highest BCUT2D eigenvalue weighted by molar-refractivity contribution is 7.91. The van der Waals surface area contributed by atoms with Gasteiger partial charge in [0.1, 0.15) is 0 Å². The summed E-state index contributed by atoms with van der Waals surface area (Å²) in [5.74, 6) is 0.169. The Hall–Kier alpha value is -0.845. The molecule has 0 unspecified atom stereocenters. The lowest BCUT2D eigenvalue weighted by atomic mass is 9.79. The Morgan fingerprint density at radius 2 is 1.48 bits per heavy atom. The van der Waals surface area contributed by atoms with Gasteiger partial charge in [-0.15, -0.1) is 0 Å². The first-order valence-corrected chi connectivity index (χ1v) is 8.93. The first-order valence-electron chi connectivity index (χ1n) is 7.27. The van der Waals surface area contributed by atoms with Crippen molar-refractivity contribution in [1.29, 1.82) is 0 Å². The summed E-state index contributed by atoms with van der Waals surface area (Å²) in [6.45, 7) is 9.83. The predicted molar refractivity (Wildman–Crippen MR) is 84.5 cm³/mol. The van der Waals surface area contributed by atoms with Gasteiger partial charge in [0.2, 0.25) is 0 Å². The lowest BCUT2D eigenvalue weighted by molar-refractivity contribution is 0.00578. The summed E-state index contributed by atoms with van der Waals surface area (Å²) in [7, 11) is -3.64. The number of rotatable bonds is 4. The van der Waals surface area contributed by atoms with Crippen LogP contribution in [-0.2, 0) is 19.1 Å². The predicted octanol–water partition coefficient (Wildman–Crippen LogP) is 2.17. The monoisotopic (exact) mass is 310 g/mol. The van der Waals surface area contributed by atoms with Crippen molar-refractivity contribution in [2.75, 3.05) is 5.75 Å².